The van der Waals surface area contributed by atoms with Crippen molar-refractivity contribution in [2.24, 2.45) is 0 Å². The molecule has 0 aromatic heterocycles. The first kappa shape index (κ1) is 12.8. The van der Waals surface area contributed by atoms with Crippen LogP contribution in [0.25, 0.3) is 0 Å². The summed E-state index contributed by atoms with van der Waals surface area (Å²) in [7, 11) is -3.21. The summed E-state index contributed by atoms with van der Waals surface area (Å²) < 4.78 is 28.7. The third-order valence-corrected chi connectivity index (χ3v) is 4.02. The summed E-state index contributed by atoms with van der Waals surface area (Å²) in [6, 6.07) is 3.05. The van der Waals surface area contributed by atoms with Gasteiger partial charge in [0.25, 0.3) is 0 Å². The number of nitrogens with two attached hydrogens (primary N) is 1. The second kappa shape index (κ2) is 4.74. The lowest BCUT2D eigenvalue weighted by molar-refractivity contribution is 0.339. The van der Waals surface area contributed by atoms with E-state index in [4.69, 9.17) is 10.5 Å². The second-order valence-electron chi connectivity index (χ2n) is 3.49. The molecule has 0 spiro atoms. The fraction of sp³-hybridized carbons (Fsp3) is 0.455. The highest BCUT2D eigenvalue weighted by Crippen LogP contribution is 2.29. The molecule has 0 bridgehead atoms. The van der Waals surface area contributed by atoms with Crippen molar-refractivity contribution in [1.82, 2.24) is 0 Å². The van der Waals surface area contributed by atoms with Gasteiger partial charge in [-0.05, 0) is 31.5 Å². The third kappa shape index (κ3) is 2.47. The largest absolute Gasteiger partial charge is 0.491 e. The van der Waals surface area contributed by atoms with E-state index >= 15 is 0 Å². The van der Waals surface area contributed by atoms with E-state index in [0.29, 0.717) is 18.0 Å². The van der Waals surface area contributed by atoms with Gasteiger partial charge < -0.3 is 10.5 Å². The number of hydrogen-bond acceptors (Lipinski definition) is 4. The molecule has 0 unspecified atom stereocenters. The smallest absolute Gasteiger partial charge is 0.178 e. The Morgan fingerprint density at radius 3 is 2.38 bits per heavy atom. The van der Waals surface area contributed by atoms with Crippen molar-refractivity contribution in [2.45, 2.75) is 25.7 Å². The summed E-state index contributed by atoms with van der Waals surface area (Å²) >= 11 is 0. The van der Waals surface area contributed by atoms with Gasteiger partial charge in [-0.1, -0.05) is 6.92 Å². The van der Waals surface area contributed by atoms with Crippen LogP contribution in [0.5, 0.6) is 5.75 Å². The molecule has 0 aliphatic rings. The summed E-state index contributed by atoms with van der Waals surface area (Å²) in [5, 5.41) is 0. The van der Waals surface area contributed by atoms with Crippen molar-refractivity contribution in [2.75, 3.05) is 18.1 Å². The van der Waals surface area contributed by atoms with Gasteiger partial charge in [-0.25, -0.2) is 8.42 Å². The van der Waals surface area contributed by atoms with Crippen LogP contribution in [0.1, 0.15) is 19.4 Å². The van der Waals surface area contributed by atoms with E-state index in [2.05, 4.69) is 0 Å². The highest BCUT2D eigenvalue weighted by atomic mass is 32.2. The average Bonchev–Trinajstić information content (AvgIpc) is 2.23. The fourth-order valence-corrected chi connectivity index (χ4v) is 2.45. The Hall–Kier alpha value is -1.23. The lowest BCUT2D eigenvalue weighted by Crippen LogP contribution is -2.07. The molecule has 5 heteroatoms. The Balaban J connectivity index is 3.30. The predicted molar refractivity (Wildman–Crippen MR) is 64.5 cm³/mol. The molecule has 0 saturated heterocycles. The summed E-state index contributed by atoms with van der Waals surface area (Å²) in [6.07, 6.45) is 0. The highest BCUT2D eigenvalue weighted by molar-refractivity contribution is 7.91. The predicted octanol–water partition coefficient (Wildman–Crippen LogP) is 1.77. The molecule has 16 heavy (non-hydrogen) atoms. The monoisotopic (exact) mass is 243 g/mol. The molecule has 90 valence electrons. The standard InChI is InChI=1S/C11H17NO3S/c1-4-15-11-8(3)6-9(7-10(11)12)16(13,14)5-2/h6-7H,4-5,12H2,1-3H3. The number of ether oxygens (including phenoxy) is 1. The zero-order valence-corrected chi connectivity index (χ0v) is 10.6. The van der Waals surface area contributed by atoms with Crippen LogP contribution in [-0.4, -0.2) is 20.8 Å². The third-order valence-electron chi connectivity index (χ3n) is 2.30. The van der Waals surface area contributed by atoms with Crippen molar-refractivity contribution in [3.05, 3.63) is 17.7 Å². The first-order chi connectivity index (χ1) is 7.42. The number of anilines is 1. The lowest BCUT2D eigenvalue weighted by Gasteiger charge is -2.12. The van der Waals surface area contributed by atoms with Gasteiger partial charge in [-0.3, -0.25) is 0 Å². The van der Waals surface area contributed by atoms with Gasteiger partial charge in [0.15, 0.2) is 9.84 Å². The minimum atomic E-state index is -3.21. The van der Waals surface area contributed by atoms with Crippen molar-refractivity contribution in [3.8, 4) is 5.75 Å². The van der Waals surface area contributed by atoms with Gasteiger partial charge in [0, 0.05) is 0 Å². The van der Waals surface area contributed by atoms with Crippen LogP contribution < -0.4 is 10.5 Å². The Bertz CT molecular complexity index is 457. The Morgan fingerprint density at radius 1 is 1.31 bits per heavy atom. The van der Waals surface area contributed by atoms with E-state index in [9.17, 15) is 8.42 Å². The summed E-state index contributed by atoms with van der Waals surface area (Å²) in [5.74, 6) is 0.636. The van der Waals surface area contributed by atoms with Crippen LogP contribution >= 0.6 is 0 Å². The van der Waals surface area contributed by atoms with E-state index in [-0.39, 0.29) is 10.6 Å². The molecule has 2 N–H and O–H groups in total. The first-order valence-corrected chi connectivity index (χ1v) is 6.83. The molecular formula is C11H17NO3S. The molecule has 0 fully saturated rings. The van der Waals surface area contributed by atoms with Crippen molar-refractivity contribution in [3.63, 3.8) is 0 Å². The summed E-state index contributed by atoms with van der Waals surface area (Å²) in [4.78, 5) is 0.258. The van der Waals surface area contributed by atoms with Crippen LogP contribution in [0.4, 0.5) is 5.69 Å². The molecule has 0 aliphatic carbocycles. The van der Waals surface area contributed by atoms with Crippen molar-refractivity contribution in [1.29, 1.82) is 0 Å². The average molecular weight is 243 g/mol. The quantitative estimate of drug-likeness (QED) is 0.818. The van der Waals surface area contributed by atoms with Gasteiger partial charge >= 0.3 is 0 Å². The highest BCUT2D eigenvalue weighted by Gasteiger charge is 2.15. The number of rotatable bonds is 4. The zero-order chi connectivity index (χ0) is 12.3. The minimum Gasteiger partial charge on any atom is -0.491 e. The Labute approximate surface area is 96.3 Å². The first-order valence-electron chi connectivity index (χ1n) is 5.18. The zero-order valence-electron chi connectivity index (χ0n) is 9.78. The van der Waals surface area contributed by atoms with Gasteiger partial charge in [0.1, 0.15) is 5.75 Å². The normalized spacial score (nSPS) is 11.4. The van der Waals surface area contributed by atoms with Gasteiger partial charge in [-0.2, -0.15) is 0 Å². The molecule has 1 aromatic rings. The van der Waals surface area contributed by atoms with Gasteiger partial charge in [-0.15, -0.1) is 0 Å². The molecule has 0 atom stereocenters. The Kier molecular flexibility index (Phi) is 3.80. The molecule has 0 heterocycles. The van der Waals surface area contributed by atoms with Gasteiger partial charge in [0.2, 0.25) is 0 Å². The van der Waals surface area contributed by atoms with E-state index in [1.54, 1.807) is 19.9 Å². The van der Waals surface area contributed by atoms with Gasteiger partial charge in [0.05, 0.1) is 22.9 Å². The van der Waals surface area contributed by atoms with E-state index in [1.165, 1.54) is 6.07 Å². The summed E-state index contributed by atoms with van der Waals surface area (Å²) in [5.41, 5.74) is 6.88. The molecule has 0 amide bonds. The summed E-state index contributed by atoms with van der Waals surface area (Å²) in [6.45, 7) is 5.76. The van der Waals surface area contributed by atoms with Crippen LogP contribution in [0.15, 0.2) is 17.0 Å². The Morgan fingerprint density at radius 2 is 1.94 bits per heavy atom. The van der Waals surface area contributed by atoms with Crippen LogP contribution in [0.2, 0.25) is 0 Å². The number of hydrogen-bond donors (Lipinski definition) is 1. The van der Waals surface area contributed by atoms with Crippen molar-refractivity contribution < 1.29 is 13.2 Å². The maximum absolute atomic E-state index is 11.7. The number of nitrogen functional groups attached to an aromatic ring is 1. The van der Waals surface area contributed by atoms with Crippen LogP contribution in [-0.2, 0) is 9.84 Å². The maximum Gasteiger partial charge on any atom is 0.178 e. The van der Waals surface area contributed by atoms with Crippen molar-refractivity contribution >= 4 is 15.5 Å². The molecule has 0 saturated carbocycles. The number of aryl methyl sites for hydroxylation is 1. The van der Waals surface area contributed by atoms with Crippen LogP contribution in [0, 0.1) is 6.92 Å². The molecule has 4 nitrogen and oxygen atoms in total. The lowest BCUT2D eigenvalue weighted by atomic mass is 10.2. The molecule has 0 radical (unpaired) electrons. The molecule has 0 aliphatic heterocycles. The molecular weight excluding hydrogens is 226 g/mol. The van der Waals surface area contributed by atoms with Crippen LogP contribution in [0.3, 0.4) is 0 Å². The second-order valence-corrected chi connectivity index (χ2v) is 5.77. The minimum absolute atomic E-state index is 0.0693. The SMILES string of the molecule is CCOc1c(C)cc(S(=O)(=O)CC)cc1N. The van der Waals surface area contributed by atoms with E-state index in [1.807, 2.05) is 6.92 Å². The fourth-order valence-electron chi connectivity index (χ4n) is 1.45. The number of sulfone groups is 1. The van der Waals surface area contributed by atoms with E-state index < -0.39 is 9.84 Å². The topological polar surface area (TPSA) is 69.4 Å². The molecule has 1 rings (SSSR count). The molecule has 1 aromatic carbocycles. The van der Waals surface area contributed by atoms with E-state index in [0.717, 1.165) is 5.56 Å². The number of benzene rings is 1. The maximum atomic E-state index is 11.7.